The molecule has 0 aliphatic heterocycles. The zero-order chi connectivity index (χ0) is 22.1. The van der Waals surface area contributed by atoms with Gasteiger partial charge >= 0.3 is 0 Å². The van der Waals surface area contributed by atoms with E-state index < -0.39 is 0 Å². The minimum absolute atomic E-state index is 0.138. The van der Waals surface area contributed by atoms with Gasteiger partial charge in [0, 0.05) is 16.0 Å². The summed E-state index contributed by atoms with van der Waals surface area (Å²) >= 11 is 3.61. The summed E-state index contributed by atoms with van der Waals surface area (Å²) in [6.07, 6.45) is 7.23. The molecule has 4 aromatic rings. The zero-order valence-electron chi connectivity index (χ0n) is 17.9. The fraction of sp³-hybridized carbons (Fsp3) is 0.269. The molecule has 2 aromatic heterocycles. The number of para-hydroxylation sites is 1. The highest BCUT2D eigenvalue weighted by atomic mass is 79.9. The molecule has 2 aromatic carbocycles. The summed E-state index contributed by atoms with van der Waals surface area (Å²) in [5.41, 5.74) is 2.74. The molecule has 162 valence electrons. The Bertz CT molecular complexity index is 1360. The summed E-state index contributed by atoms with van der Waals surface area (Å²) in [5, 5.41) is 5.13. The molecule has 1 aliphatic carbocycles. The lowest BCUT2D eigenvalue weighted by atomic mass is 9.88. The highest BCUT2D eigenvalue weighted by molar-refractivity contribution is 9.10. The first-order chi connectivity index (χ1) is 15.6. The van der Waals surface area contributed by atoms with E-state index in [1.165, 1.54) is 16.7 Å². The number of hydrogen-bond acceptors (Lipinski definition) is 4. The second kappa shape index (κ2) is 8.87. The van der Waals surface area contributed by atoms with Crippen molar-refractivity contribution in [3.63, 3.8) is 0 Å². The molecule has 0 N–H and O–H groups in total. The van der Waals surface area contributed by atoms with E-state index in [-0.39, 0.29) is 11.5 Å². The van der Waals surface area contributed by atoms with Crippen LogP contribution in [0.15, 0.2) is 73.4 Å². The van der Waals surface area contributed by atoms with E-state index in [1.807, 2.05) is 49.4 Å². The van der Waals surface area contributed by atoms with Crippen molar-refractivity contribution >= 4 is 33.0 Å². The number of aryl methyl sites for hydroxylation is 1. The maximum Gasteiger partial charge on any atom is 0.282 e. The first kappa shape index (κ1) is 20.9. The molecule has 5 rings (SSSR count). The van der Waals surface area contributed by atoms with E-state index >= 15 is 0 Å². The van der Waals surface area contributed by atoms with Gasteiger partial charge in [-0.15, -0.1) is 0 Å². The van der Waals surface area contributed by atoms with Crippen LogP contribution in [0.3, 0.4) is 0 Å². The maximum absolute atomic E-state index is 13.3. The van der Waals surface area contributed by atoms with Crippen LogP contribution in [0, 0.1) is 6.92 Å². The predicted molar refractivity (Wildman–Crippen MR) is 131 cm³/mol. The SMILES string of the molecule is Cc1ccc(-c2ccc(C=Nn3c(C4CCCCC4)nc4ccccc4c3=O)o2)c(Br)c1. The minimum Gasteiger partial charge on any atom is -0.455 e. The maximum atomic E-state index is 13.3. The Morgan fingerprint density at radius 2 is 1.91 bits per heavy atom. The number of hydrogen-bond donors (Lipinski definition) is 0. The third-order valence-electron chi connectivity index (χ3n) is 6.07. The van der Waals surface area contributed by atoms with Gasteiger partial charge in [-0.3, -0.25) is 4.79 Å². The first-order valence-corrected chi connectivity index (χ1v) is 11.8. The molecule has 0 atom stereocenters. The largest absolute Gasteiger partial charge is 0.455 e. The fourth-order valence-electron chi connectivity index (χ4n) is 4.38. The molecule has 0 spiro atoms. The second-order valence-corrected chi connectivity index (χ2v) is 9.22. The third-order valence-corrected chi connectivity index (χ3v) is 6.72. The van der Waals surface area contributed by atoms with E-state index in [4.69, 9.17) is 9.40 Å². The minimum atomic E-state index is -0.138. The number of rotatable bonds is 4. The van der Waals surface area contributed by atoms with Crippen molar-refractivity contribution < 1.29 is 4.42 Å². The van der Waals surface area contributed by atoms with Crippen molar-refractivity contribution in [3.8, 4) is 11.3 Å². The summed E-state index contributed by atoms with van der Waals surface area (Å²) in [6.45, 7) is 2.05. The Morgan fingerprint density at radius 3 is 2.72 bits per heavy atom. The quantitative estimate of drug-likeness (QED) is 0.301. The molecule has 0 radical (unpaired) electrons. The van der Waals surface area contributed by atoms with Gasteiger partial charge in [-0.05, 0) is 61.7 Å². The summed E-state index contributed by atoms with van der Waals surface area (Å²) < 4.78 is 8.46. The predicted octanol–water partition coefficient (Wildman–Crippen LogP) is 6.66. The molecule has 0 unspecified atom stereocenters. The van der Waals surface area contributed by atoms with Gasteiger partial charge in [0.05, 0.1) is 17.1 Å². The summed E-state index contributed by atoms with van der Waals surface area (Å²) in [7, 11) is 0. The summed E-state index contributed by atoms with van der Waals surface area (Å²) in [5.74, 6) is 2.32. The molecule has 0 bridgehead atoms. The highest BCUT2D eigenvalue weighted by Crippen LogP contribution is 2.32. The number of halogens is 1. The van der Waals surface area contributed by atoms with E-state index in [2.05, 4.69) is 27.1 Å². The van der Waals surface area contributed by atoms with Crippen molar-refractivity contribution in [1.29, 1.82) is 0 Å². The lowest BCUT2D eigenvalue weighted by Crippen LogP contribution is -2.25. The van der Waals surface area contributed by atoms with E-state index in [9.17, 15) is 4.79 Å². The molecular weight excluding hydrogens is 466 g/mol. The van der Waals surface area contributed by atoms with Gasteiger partial charge in [-0.2, -0.15) is 9.78 Å². The molecule has 0 saturated heterocycles. The molecule has 6 heteroatoms. The summed E-state index contributed by atoms with van der Waals surface area (Å²) in [6, 6.07) is 17.4. The van der Waals surface area contributed by atoms with Crippen LogP contribution in [0.2, 0.25) is 0 Å². The summed E-state index contributed by atoms with van der Waals surface area (Å²) in [4.78, 5) is 18.1. The van der Waals surface area contributed by atoms with Gasteiger partial charge in [-0.1, -0.05) is 53.4 Å². The van der Waals surface area contributed by atoms with Crippen LogP contribution in [0.1, 0.15) is 55.2 Å². The average molecular weight is 490 g/mol. The molecular formula is C26H24BrN3O2. The van der Waals surface area contributed by atoms with Gasteiger partial charge in [0.25, 0.3) is 5.56 Å². The van der Waals surface area contributed by atoms with Gasteiger partial charge in [-0.25, -0.2) is 4.98 Å². The zero-order valence-corrected chi connectivity index (χ0v) is 19.5. The van der Waals surface area contributed by atoms with Crippen LogP contribution in [0.25, 0.3) is 22.2 Å². The Balaban J connectivity index is 1.54. The molecule has 1 saturated carbocycles. The lowest BCUT2D eigenvalue weighted by molar-refractivity contribution is 0.416. The van der Waals surface area contributed by atoms with Gasteiger partial charge in [0.15, 0.2) is 0 Å². The smallest absolute Gasteiger partial charge is 0.282 e. The van der Waals surface area contributed by atoms with Crippen LogP contribution in [-0.2, 0) is 0 Å². The number of furan rings is 1. The lowest BCUT2D eigenvalue weighted by Gasteiger charge is -2.22. The van der Waals surface area contributed by atoms with Crippen LogP contribution in [-0.4, -0.2) is 15.9 Å². The van der Waals surface area contributed by atoms with Crippen molar-refractivity contribution in [2.45, 2.75) is 44.9 Å². The van der Waals surface area contributed by atoms with Gasteiger partial charge < -0.3 is 4.42 Å². The monoisotopic (exact) mass is 489 g/mol. The van der Waals surface area contributed by atoms with Crippen LogP contribution >= 0.6 is 15.9 Å². The van der Waals surface area contributed by atoms with Crippen LogP contribution in [0.5, 0.6) is 0 Å². The van der Waals surface area contributed by atoms with E-state index in [1.54, 1.807) is 12.3 Å². The second-order valence-electron chi connectivity index (χ2n) is 8.37. The van der Waals surface area contributed by atoms with E-state index in [0.717, 1.165) is 52.8 Å². The van der Waals surface area contributed by atoms with Gasteiger partial charge in [0.1, 0.15) is 17.3 Å². The normalized spacial score (nSPS) is 15.1. The molecule has 0 amide bonds. The first-order valence-electron chi connectivity index (χ1n) is 11.0. The average Bonchev–Trinajstić information content (AvgIpc) is 3.27. The molecule has 1 aliphatic rings. The Kier molecular flexibility index (Phi) is 5.79. The topological polar surface area (TPSA) is 60.4 Å². The highest BCUT2D eigenvalue weighted by Gasteiger charge is 2.22. The number of fused-ring (bicyclic) bond motifs is 1. The molecule has 32 heavy (non-hydrogen) atoms. The Hall–Kier alpha value is -2.99. The molecule has 1 fully saturated rings. The van der Waals surface area contributed by atoms with Crippen molar-refractivity contribution in [2.24, 2.45) is 5.10 Å². The van der Waals surface area contributed by atoms with Crippen LogP contribution < -0.4 is 5.56 Å². The Labute approximate surface area is 194 Å². The third kappa shape index (κ3) is 4.07. The van der Waals surface area contributed by atoms with Crippen LogP contribution in [0.4, 0.5) is 0 Å². The van der Waals surface area contributed by atoms with Gasteiger partial charge in [0.2, 0.25) is 0 Å². The molecule has 5 nitrogen and oxygen atoms in total. The fourth-order valence-corrected chi connectivity index (χ4v) is 5.07. The standard InChI is InChI=1S/C26H24BrN3O2/c1-17-11-13-20(22(27)15-17)24-14-12-19(32-24)16-28-30-25(18-7-3-2-4-8-18)29-23-10-6-5-9-21(23)26(30)31/h5-6,9-16,18H,2-4,7-8H2,1H3. The number of aromatic nitrogens is 2. The van der Waals surface area contributed by atoms with Crippen molar-refractivity contribution in [1.82, 2.24) is 9.66 Å². The van der Waals surface area contributed by atoms with Crippen molar-refractivity contribution in [2.75, 3.05) is 0 Å². The number of benzene rings is 2. The van der Waals surface area contributed by atoms with Crippen molar-refractivity contribution in [3.05, 3.63) is 86.6 Å². The molecule has 2 heterocycles. The Morgan fingerprint density at radius 1 is 1.09 bits per heavy atom. The van der Waals surface area contributed by atoms with E-state index in [0.29, 0.717) is 11.1 Å². The number of nitrogens with zero attached hydrogens (tertiary/aromatic N) is 3.